The van der Waals surface area contributed by atoms with Crippen LogP contribution in [0.15, 0.2) is 0 Å². The first kappa shape index (κ1) is 13.8. The number of aliphatic hydroxyl groups excluding tert-OH is 1. The van der Waals surface area contributed by atoms with E-state index < -0.39 is 6.10 Å². The largest absolute Gasteiger partial charge is 0.392 e. The van der Waals surface area contributed by atoms with Gasteiger partial charge in [0.25, 0.3) is 0 Å². The monoisotopic (exact) mass is 207 g/mol. The van der Waals surface area contributed by atoms with Crippen molar-refractivity contribution in [2.45, 2.75) is 12.5 Å². The highest BCUT2D eigenvalue weighted by atomic mass is 16.5. The minimum atomic E-state index is -0.454. The van der Waals surface area contributed by atoms with Crippen LogP contribution in [0.3, 0.4) is 0 Å². The molecule has 0 saturated carbocycles. The zero-order valence-corrected chi connectivity index (χ0v) is 8.78. The summed E-state index contributed by atoms with van der Waals surface area (Å²) in [4.78, 5) is 0. The van der Waals surface area contributed by atoms with Gasteiger partial charge in [-0.3, -0.25) is 0 Å². The average molecular weight is 207 g/mol. The summed E-state index contributed by atoms with van der Waals surface area (Å²) in [5, 5.41) is 9.08. The van der Waals surface area contributed by atoms with E-state index in [1.165, 1.54) is 0 Å². The second kappa shape index (κ2) is 10.9. The topological polar surface area (TPSA) is 73.9 Å². The summed E-state index contributed by atoms with van der Waals surface area (Å²) in [5.74, 6) is 0. The van der Waals surface area contributed by atoms with Crippen LogP contribution in [0.2, 0.25) is 0 Å². The lowest BCUT2D eigenvalue weighted by Gasteiger charge is -2.08. The highest BCUT2D eigenvalue weighted by molar-refractivity contribution is 4.53. The Bertz CT molecular complexity index is 113. The van der Waals surface area contributed by atoms with Crippen LogP contribution in [0.1, 0.15) is 6.42 Å². The fourth-order valence-electron chi connectivity index (χ4n) is 0.801. The molecular weight excluding hydrogens is 186 g/mol. The number of hydrogen-bond acceptors (Lipinski definition) is 5. The lowest BCUT2D eigenvalue weighted by Crippen LogP contribution is -2.21. The van der Waals surface area contributed by atoms with Gasteiger partial charge in [0.1, 0.15) is 0 Å². The van der Waals surface area contributed by atoms with Gasteiger partial charge in [-0.2, -0.15) is 0 Å². The molecule has 0 fully saturated rings. The van der Waals surface area contributed by atoms with Gasteiger partial charge in [0.15, 0.2) is 0 Å². The first-order chi connectivity index (χ1) is 6.81. The Morgan fingerprint density at radius 2 is 1.64 bits per heavy atom. The van der Waals surface area contributed by atoms with Crippen LogP contribution in [0, 0.1) is 0 Å². The molecule has 0 rings (SSSR count). The summed E-state index contributed by atoms with van der Waals surface area (Å²) in [7, 11) is 1.63. The van der Waals surface area contributed by atoms with Crippen molar-refractivity contribution >= 4 is 0 Å². The Hall–Kier alpha value is -0.200. The van der Waals surface area contributed by atoms with Crippen molar-refractivity contribution in [3.63, 3.8) is 0 Å². The molecule has 14 heavy (non-hydrogen) atoms. The van der Waals surface area contributed by atoms with Crippen LogP contribution in [-0.4, -0.2) is 57.9 Å². The SMILES string of the molecule is COCCOCCOCCC(O)CN. The highest BCUT2D eigenvalue weighted by Crippen LogP contribution is 1.89. The standard InChI is InChI=1S/C9H21NO4/c1-12-4-5-14-7-6-13-3-2-9(11)8-10/h9,11H,2-8,10H2,1H3. The summed E-state index contributed by atoms with van der Waals surface area (Å²) in [6.45, 7) is 3.10. The van der Waals surface area contributed by atoms with Gasteiger partial charge < -0.3 is 25.1 Å². The molecule has 5 nitrogen and oxygen atoms in total. The summed E-state index contributed by atoms with van der Waals surface area (Å²) in [6, 6.07) is 0. The minimum absolute atomic E-state index is 0.285. The molecule has 0 aromatic rings. The molecule has 0 aliphatic rings. The summed E-state index contributed by atoms with van der Waals surface area (Å²) >= 11 is 0. The lowest BCUT2D eigenvalue weighted by molar-refractivity contribution is 0.0166. The maximum atomic E-state index is 9.08. The Morgan fingerprint density at radius 3 is 2.21 bits per heavy atom. The maximum absolute atomic E-state index is 9.08. The van der Waals surface area contributed by atoms with Crippen molar-refractivity contribution in [2.24, 2.45) is 5.73 Å². The molecule has 1 atom stereocenters. The van der Waals surface area contributed by atoms with E-state index in [4.69, 9.17) is 25.1 Å². The molecule has 0 heterocycles. The van der Waals surface area contributed by atoms with Gasteiger partial charge >= 0.3 is 0 Å². The van der Waals surface area contributed by atoms with Gasteiger partial charge in [0.2, 0.25) is 0 Å². The second-order valence-corrected chi connectivity index (χ2v) is 2.90. The van der Waals surface area contributed by atoms with Gasteiger partial charge in [0.05, 0.1) is 32.5 Å². The van der Waals surface area contributed by atoms with Gasteiger partial charge in [-0.1, -0.05) is 0 Å². The number of aliphatic hydroxyl groups is 1. The number of rotatable bonds is 10. The molecule has 0 radical (unpaired) electrons. The summed E-state index contributed by atoms with van der Waals surface area (Å²) < 4.78 is 15.2. The average Bonchev–Trinajstić information content (AvgIpc) is 2.21. The number of ether oxygens (including phenoxy) is 3. The third kappa shape index (κ3) is 9.88. The molecule has 0 amide bonds. The third-order valence-electron chi connectivity index (χ3n) is 1.67. The molecule has 0 aromatic heterocycles. The minimum Gasteiger partial charge on any atom is -0.392 e. The van der Waals surface area contributed by atoms with E-state index in [-0.39, 0.29) is 6.54 Å². The van der Waals surface area contributed by atoms with Gasteiger partial charge in [-0.25, -0.2) is 0 Å². The Morgan fingerprint density at radius 1 is 1.07 bits per heavy atom. The molecule has 0 aliphatic heterocycles. The van der Waals surface area contributed by atoms with Gasteiger partial charge in [-0.05, 0) is 6.42 Å². The van der Waals surface area contributed by atoms with Crippen LogP contribution in [0.4, 0.5) is 0 Å². The summed E-state index contributed by atoms with van der Waals surface area (Å²) in [6.07, 6.45) is 0.124. The van der Waals surface area contributed by atoms with Crippen molar-refractivity contribution < 1.29 is 19.3 Å². The Balaban J connectivity index is 2.92. The van der Waals surface area contributed by atoms with Crippen LogP contribution in [0.5, 0.6) is 0 Å². The van der Waals surface area contributed by atoms with Crippen LogP contribution >= 0.6 is 0 Å². The highest BCUT2D eigenvalue weighted by Gasteiger charge is 1.99. The lowest BCUT2D eigenvalue weighted by atomic mass is 10.3. The fraction of sp³-hybridized carbons (Fsp3) is 1.00. The molecule has 0 aliphatic carbocycles. The third-order valence-corrected chi connectivity index (χ3v) is 1.67. The fourth-order valence-corrected chi connectivity index (χ4v) is 0.801. The van der Waals surface area contributed by atoms with Crippen molar-refractivity contribution in [3.8, 4) is 0 Å². The molecule has 0 aromatic carbocycles. The van der Waals surface area contributed by atoms with Crippen LogP contribution < -0.4 is 5.73 Å². The molecule has 0 spiro atoms. The normalized spacial score (nSPS) is 13.1. The predicted molar refractivity (Wildman–Crippen MR) is 53.2 cm³/mol. The van der Waals surface area contributed by atoms with E-state index in [0.29, 0.717) is 39.5 Å². The zero-order chi connectivity index (χ0) is 10.6. The molecule has 3 N–H and O–H groups in total. The molecular formula is C9H21NO4. The smallest absolute Gasteiger partial charge is 0.0701 e. The molecule has 1 unspecified atom stereocenters. The van der Waals surface area contributed by atoms with Crippen molar-refractivity contribution in [1.29, 1.82) is 0 Å². The van der Waals surface area contributed by atoms with E-state index in [0.717, 1.165) is 0 Å². The quantitative estimate of drug-likeness (QED) is 0.467. The first-order valence-electron chi connectivity index (χ1n) is 4.83. The number of hydrogen-bond donors (Lipinski definition) is 2. The first-order valence-corrected chi connectivity index (χ1v) is 4.83. The zero-order valence-electron chi connectivity index (χ0n) is 8.78. The van der Waals surface area contributed by atoms with E-state index in [1.807, 2.05) is 0 Å². The Kier molecular flexibility index (Phi) is 10.7. The number of methoxy groups -OCH3 is 1. The molecule has 0 saturated heterocycles. The molecule has 5 heteroatoms. The van der Waals surface area contributed by atoms with E-state index in [1.54, 1.807) is 7.11 Å². The van der Waals surface area contributed by atoms with Crippen molar-refractivity contribution in [2.75, 3.05) is 46.7 Å². The van der Waals surface area contributed by atoms with Crippen molar-refractivity contribution in [1.82, 2.24) is 0 Å². The second-order valence-electron chi connectivity index (χ2n) is 2.90. The van der Waals surface area contributed by atoms with Crippen LogP contribution in [-0.2, 0) is 14.2 Å². The van der Waals surface area contributed by atoms with E-state index in [9.17, 15) is 0 Å². The van der Waals surface area contributed by atoms with Crippen LogP contribution in [0.25, 0.3) is 0 Å². The number of nitrogens with two attached hydrogens (primary N) is 1. The molecule has 0 bridgehead atoms. The van der Waals surface area contributed by atoms with E-state index >= 15 is 0 Å². The maximum Gasteiger partial charge on any atom is 0.0701 e. The Labute approximate surface area is 85.1 Å². The van der Waals surface area contributed by atoms with Gasteiger partial charge in [-0.15, -0.1) is 0 Å². The predicted octanol–water partition coefficient (Wildman–Crippen LogP) is -0.624. The molecule has 86 valence electrons. The van der Waals surface area contributed by atoms with E-state index in [2.05, 4.69) is 0 Å². The van der Waals surface area contributed by atoms with Gasteiger partial charge in [0, 0.05) is 20.3 Å². The van der Waals surface area contributed by atoms with Crippen molar-refractivity contribution in [3.05, 3.63) is 0 Å². The summed E-state index contributed by atoms with van der Waals surface area (Å²) in [5.41, 5.74) is 5.22.